The minimum atomic E-state index is 0. The first-order valence-corrected chi connectivity index (χ1v) is 39.7. The van der Waals surface area contributed by atoms with Crippen LogP contribution < -0.4 is 143 Å². The average molecular weight is 1990 g/mol. The van der Waals surface area contributed by atoms with Crippen molar-refractivity contribution >= 4 is 135 Å². The summed E-state index contributed by atoms with van der Waals surface area (Å²) in [6.07, 6.45) is 27.1. The van der Waals surface area contributed by atoms with Gasteiger partial charge in [0.25, 0.3) is 15.0 Å². The summed E-state index contributed by atoms with van der Waals surface area (Å²) < 4.78 is 30.5. The van der Waals surface area contributed by atoms with Crippen LogP contribution >= 0.6 is 57.5 Å². The van der Waals surface area contributed by atoms with Crippen molar-refractivity contribution in [3.63, 3.8) is 0 Å². The van der Waals surface area contributed by atoms with Gasteiger partial charge in [-0.1, -0.05) is 179 Å². The van der Waals surface area contributed by atoms with Gasteiger partial charge in [0.15, 0.2) is 24.1 Å². The van der Waals surface area contributed by atoms with E-state index in [0.717, 1.165) is 100 Å². The molecule has 0 spiro atoms. The number of rotatable bonds is 18. The van der Waals surface area contributed by atoms with Gasteiger partial charge in [-0.2, -0.15) is 23.5 Å². The molecule has 0 amide bonds. The van der Waals surface area contributed by atoms with Crippen molar-refractivity contribution in [2.24, 2.45) is 0 Å². The summed E-state index contributed by atoms with van der Waals surface area (Å²) in [6, 6.07) is 71.3. The number of aliphatic hydroxyl groups excluding tert-OH is 1. The van der Waals surface area contributed by atoms with Crippen LogP contribution in [0.3, 0.4) is 0 Å². The molecule has 1 N–H and O–H groups in total. The number of fused-ring (bicyclic) bond motifs is 7. The van der Waals surface area contributed by atoms with Crippen molar-refractivity contribution in [2.75, 3.05) is 52.4 Å². The van der Waals surface area contributed by atoms with Gasteiger partial charge in [0.1, 0.15) is 33.3 Å². The molecule has 109 heavy (non-hydrogen) atoms. The molecule has 0 saturated heterocycles. The summed E-state index contributed by atoms with van der Waals surface area (Å²) in [6.45, 7) is 20.8. The van der Waals surface area contributed by atoms with Gasteiger partial charge in [-0.05, 0) is 158 Å². The van der Waals surface area contributed by atoms with Crippen LogP contribution in [0.4, 0.5) is 22.7 Å². The summed E-state index contributed by atoms with van der Waals surface area (Å²) >= 11 is 8.89. The lowest BCUT2D eigenvalue weighted by Crippen LogP contribution is -3.00. The van der Waals surface area contributed by atoms with Gasteiger partial charge in [0, 0.05) is 78.0 Å². The number of hydrogen-bond acceptors (Lipinski definition) is 14. The molecular weight excluding hydrogens is 1900 g/mol. The van der Waals surface area contributed by atoms with Crippen molar-refractivity contribution in [1.82, 2.24) is 0 Å². The summed E-state index contributed by atoms with van der Waals surface area (Å²) in [5, 5.41) is 24.5. The summed E-state index contributed by atoms with van der Waals surface area (Å²) in [5.74, 6) is 5.25. The van der Waals surface area contributed by atoms with Crippen LogP contribution in [-0.2, 0) is 19.6 Å². The Kier molecular flexibility index (Phi) is 32.6. The van der Waals surface area contributed by atoms with Crippen LogP contribution in [0.1, 0.15) is 75.4 Å². The number of hydrogen-bond donors (Lipinski definition) is 1. The number of benzene rings is 8. The molecule has 13 nitrogen and oxygen atoms in total. The maximum absolute atomic E-state index is 9.42. The Morgan fingerprint density at radius 1 is 0.459 bits per heavy atom. The minimum absolute atomic E-state index is 0. The molecule has 4 aromatic heterocycles. The smallest absolute Gasteiger partial charge is 0.373 e. The number of nitrogens with zero attached hydrogens (tertiary/aromatic N) is 9. The number of aliphatic hydroxyl groups is 1. The van der Waals surface area contributed by atoms with Gasteiger partial charge in [-0.3, -0.25) is 0 Å². The lowest BCUT2D eigenvalue weighted by atomic mass is 10.2. The predicted molar refractivity (Wildman–Crippen MR) is 438 cm³/mol. The largest absolute Gasteiger partial charge is 1.00 e. The number of aromatic nitrogens is 4. The van der Waals surface area contributed by atoms with Crippen molar-refractivity contribution in [2.45, 2.75) is 83.9 Å². The molecule has 16 rings (SSSR count). The fourth-order valence-corrected chi connectivity index (χ4v) is 18.6. The molecule has 12 aromatic rings. The standard InChI is InChI=1S/C23H23N2OS.C22H23N2OS.C21H18N3OS.C21H21N2OS2.4HI/c1-3-24-17-20(18-11-6-5-7-12-18)26-22(24)15-10-16-23-25(4-2)19-13-8-9-14-21(19)27-23;1-4-23-17-10-5-7-12-19(17)25-21(23)14-9-15-22-24(16(2)3)18-11-6-8-13-20(18)26-22;1-2-23-16-8-3-5-10-18(16)25-20(23)12-7-13-21-24(15-14-22)17-9-4-6-11-19(17)26-21;1-2-22-16-8-3-5-10-18(16)25-20(22)12-7-13-21-23(14-15-24)17-9-4-6-11-19(17)26-21;;;;/h5-17H,3-4H2,1-2H3;5-16H,4H2,1-3H3;3-13H,2,15H2,1H3;3-13,24H,2,14-15H2,1H3;4*1H/q4*+1;;;;/p-4. The van der Waals surface area contributed by atoms with Crippen LogP contribution in [-0.4, -0.2) is 37.9 Å². The SMILES string of the molecule is CCN1/C(=C/C=C/c2sc3ccccc3[n+]2CCO)Sc2ccccc21.CCN1C(=CC=Cc2oc(-c3ccccc3)c[n+]2CC)Sc2ccccc21.CCN1C(=CC=Cc2sc3ccccc3[n+]2C(C)C)Oc2ccccc21.CCN1C(=CC=Cc2sc3ccccc3[n+]2CC#N)Oc2ccccc21.[I-].[I-].[I-].[I-]. The number of ether oxygens (including phenoxy) is 2. The molecule has 0 atom stereocenters. The quantitative estimate of drug-likeness (QED) is 0.0662. The number of para-hydroxylation sites is 9. The molecule has 4 aliphatic heterocycles. The molecule has 560 valence electrons. The molecule has 8 aromatic carbocycles. The maximum atomic E-state index is 9.42. The Hall–Kier alpha value is -7.57. The highest BCUT2D eigenvalue weighted by molar-refractivity contribution is 8.04. The highest BCUT2D eigenvalue weighted by Crippen LogP contribution is 2.47. The first-order valence-electron chi connectivity index (χ1n) is 35.7. The predicted octanol–water partition coefficient (Wildman–Crippen LogP) is 8.45. The molecule has 0 bridgehead atoms. The highest BCUT2D eigenvalue weighted by atomic mass is 127. The third kappa shape index (κ3) is 19.8. The van der Waals surface area contributed by atoms with Crippen molar-refractivity contribution < 1.29 is 133 Å². The maximum Gasteiger partial charge on any atom is 0.373 e. The zero-order chi connectivity index (χ0) is 72.6. The summed E-state index contributed by atoms with van der Waals surface area (Å²) in [4.78, 5) is 11.7. The van der Waals surface area contributed by atoms with Gasteiger partial charge >= 0.3 is 5.89 Å². The third-order valence-corrected chi connectivity index (χ3v) is 23.4. The third-order valence-electron chi connectivity index (χ3n) is 17.8. The molecule has 0 aliphatic carbocycles. The fourth-order valence-electron chi connectivity index (χ4n) is 13.0. The second-order valence-electron chi connectivity index (χ2n) is 24.6. The second-order valence-corrected chi connectivity index (χ2v) is 29.9. The number of oxazole rings is 1. The van der Waals surface area contributed by atoms with Gasteiger partial charge < -0.3 is 135 Å². The van der Waals surface area contributed by atoms with Crippen LogP contribution in [0.2, 0.25) is 0 Å². The lowest BCUT2D eigenvalue weighted by molar-refractivity contribution is -0.698. The molecule has 0 unspecified atom stereocenters. The van der Waals surface area contributed by atoms with Crippen molar-refractivity contribution in [3.05, 3.63) is 298 Å². The highest BCUT2D eigenvalue weighted by Gasteiger charge is 2.29. The van der Waals surface area contributed by atoms with Gasteiger partial charge in [-0.15, -0.1) is 0 Å². The molecular formula is C87H85I4N9O4S5. The second kappa shape index (κ2) is 41.6. The Morgan fingerprint density at radius 2 is 0.872 bits per heavy atom. The summed E-state index contributed by atoms with van der Waals surface area (Å²) in [5.41, 5.74) is 9.46. The van der Waals surface area contributed by atoms with E-state index in [9.17, 15) is 5.11 Å². The number of halogens is 4. The van der Waals surface area contributed by atoms with Gasteiger partial charge in [0.05, 0.1) is 38.9 Å². The van der Waals surface area contributed by atoms with E-state index in [1.807, 2.05) is 137 Å². The van der Waals surface area contributed by atoms with E-state index in [1.165, 1.54) is 61.4 Å². The van der Waals surface area contributed by atoms with Gasteiger partial charge in [0.2, 0.25) is 46.8 Å². The Labute approximate surface area is 728 Å². The lowest BCUT2D eigenvalue weighted by Gasteiger charge is -2.17. The zero-order valence-corrected chi connectivity index (χ0v) is 74.3. The monoisotopic (exact) mass is 1990 g/mol. The fraction of sp³-hybridized carbons (Fsp3) is 0.184. The van der Waals surface area contributed by atoms with Crippen molar-refractivity contribution in [1.29, 1.82) is 5.26 Å². The molecule has 4 aliphatic rings. The van der Waals surface area contributed by atoms with E-state index in [1.54, 1.807) is 22.7 Å². The minimum Gasteiger partial charge on any atom is -1.00 e. The van der Waals surface area contributed by atoms with E-state index in [-0.39, 0.29) is 103 Å². The zero-order valence-electron chi connectivity index (χ0n) is 61.5. The topological polar surface area (TPSA) is 104 Å². The number of thioether (sulfide) groups is 2. The average Bonchev–Trinajstić information content (AvgIpc) is 1.66. The number of nitriles is 1. The van der Waals surface area contributed by atoms with E-state index in [2.05, 4.69) is 270 Å². The molecule has 0 saturated carbocycles. The number of anilines is 4. The van der Waals surface area contributed by atoms with E-state index in [4.69, 9.17) is 19.2 Å². The Bertz CT molecular complexity index is 5380. The number of aryl methyl sites for hydroxylation is 1. The summed E-state index contributed by atoms with van der Waals surface area (Å²) in [7, 11) is 0. The van der Waals surface area contributed by atoms with Crippen LogP contribution in [0.15, 0.2) is 291 Å². The Balaban J connectivity index is 0.000000165. The first kappa shape index (κ1) is 85.4. The molecule has 0 radical (unpaired) electrons. The van der Waals surface area contributed by atoms with Crippen LogP contribution in [0.25, 0.3) is 66.3 Å². The molecule has 0 fully saturated rings. The molecule has 22 heteroatoms. The normalized spacial score (nSPS) is 14.6. The van der Waals surface area contributed by atoms with Gasteiger partial charge in [-0.25, -0.2) is 0 Å². The molecule has 8 heterocycles. The van der Waals surface area contributed by atoms with Crippen LogP contribution in [0, 0.1) is 11.3 Å². The number of thiazole rings is 3. The number of allylic oxidation sites excluding steroid dienone is 8. The van der Waals surface area contributed by atoms with E-state index in [0.29, 0.717) is 19.1 Å². The van der Waals surface area contributed by atoms with E-state index >= 15 is 0 Å². The van der Waals surface area contributed by atoms with E-state index < -0.39 is 0 Å². The van der Waals surface area contributed by atoms with Crippen molar-refractivity contribution in [3.8, 4) is 28.9 Å². The van der Waals surface area contributed by atoms with Crippen LogP contribution in [0.5, 0.6) is 11.5 Å². The first-order chi connectivity index (χ1) is 51.6. The Morgan fingerprint density at radius 3 is 1.37 bits per heavy atom.